The van der Waals surface area contributed by atoms with Gasteiger partial charge in [0.15, 0.2) is 0 Å². The molecule has 0 heterocycles. The molecule has 6 nitrogen and oxygen atoms in total. The number of carbonyl (C=O) groups is 2. The van der Waals surface area contributed by atoms with E-state index in [1.165, 1.54) is 5.56 Å². The summed E-state index contributed by atoms with van der Waals surface area (Å²) in [6, 6.07) is 7.63. The maximum atomic E-state index is 11.8. The molecule has 0 bridgehead atoms. The zero-order valence-corrected chi connectivity index (χ0v) is 13.7. The van der Waals surface area contributed by atoms with Gasteiger partial charge in [0.25, 0.3) is 0 Å². The van der Waals surface area contributed by atoms with Gasteiger partial charge in [0, 0.05) is 12.5 Å². The molecule has 0 aliphatic rings. The number of carboxylic acid groups (broad SMARTS) is 1. The Balaban J connectivity index is 2.34. The molecule has 1 aromatic carbocycles. The molecule has 2 unspecified atom stereocenters. The molecule has 0 spiro atoms. The second-order valence-electron chi connectivity index (χ2n) is 5.93. The van der Waals surface area contributed by atoms with Crippen molar-refractivity contribution in [3.05, 3.63) is 35.4 Å². The number of aliphatic carboxylic acids is 1. The summed E-state index contributed by atoms with van der Waals surface area (Å²) in [5.74, 6) is 4.47. The highest BCUT2D eigenvalue weighted by Gasteiger charge is 2.12. The summed E-state index contributed by atoms with van der Waals surface area (Å²) < 4.78 is 0. The van der Waals surface area contributed by atoms with E-state index in [4.69, 9.17) is 10.9 Å². The first-order valence-electron chi connectivity index (χ1n) is 7.74. The summed E-state index contributed by atoms with van der Waals surface area (Å²) >= 11 is 0. The largest absolute Gasteiger partial charge is 0.481 e. The van der Waals surface area contributed by atoms with Gasteiger partial charge >= 0.3 is 5.97 Å². The number of carbonyl (C=O) groups excluding carboxylic acids is 1. The molecule has 6 heteroatoms. The van der Waals surface area contributed by atoms with E-state index in [1.54, 1.807) is 13.1 Å². The van der Waals surface area contributed by atoms with E-state index in [0.717, 1.165) is 18.4 Å². The van der Waals surface area contributed by atoms with Crippen molar-refractivity contribution in [2.24, 2.45) is 16.9 Å². The Labute approximate surface area is 136 Å². The van der Waals surface area contributed by atoms with Crippen LogP contribution in [0.3, 0.4) is 0 Å². The van der Waals surface area contributed by atoms with Gasteiger partial charge in [-0.1, -0.05) is 31.2 Å². The van der Waals surface area contributed by atoms with Gasteiger partial charge in [0.05, 0.1) is 12.6 Å². The normalized spacial score (nSPS) is 13.7. The topological polar surface area (TPSA) is 105 Å². The van der Waals surface area contributed by atoms with Crippen LogP contribution in [0.1, 0.15) is 44.2 Å². The Morgan fingerprint density at radius 2 is 1.96 bits per heavy atom. The van der Waals surface area contributed by atoms with Crippen molar-refractivity contribution < 1.29 is 14.7 Å². The molecule has 0 fully saturated rings. The molecule has 23 heavy (non-hydrogen) atoms. The number of nitrogens with zero attached hydrogens (tertiary/aromatic N) is 1. The highest BCUT2D eigenvalue weighted by Crippen LogP contribution is 2.14. The second kappa shape index (κ2) is 9.61. The summed E-state index contributed by atoms with van der Waals surface area (Å²) in [6.45, 7) is 3.80. The lowest BCUT2D eigenvalue weighted by Gasteiger charge is -2.14. The highest BCUT2D eigenvalue weighted by molar-refractivity contribution is 5.79. The molecule has 4 N–H and O–H groups in total. The first kappa shape index (κ1) is 18.7. The molecule has 0 aliphatic heterocycles. The van der Waals surface area contributed by atoms with Crippen LogP contribution in [-0.4, -0.2) is 29.2 Å². The van der Waals surface area contributed by atoms with Gasteiger partial charge in [0.2, 0.25) is 5.91 Å². The number of nitrogens with two attached hydrogens (primary N) is 1. The number of hydrogen-bond donors (Lipinski definition) is 3. The summed E-state index contributed by atoms with van der Waals surface area (Å²) in [5, 5.41) is 14.9. The molecule has 0 radical (unpaired) electrons. The van der Waals surface area contributed by atoms with Crippen LogP contribution in [0.2, 0.25) is 0 Å². The van der Waals surface area contributed by atoms with Gasteiger partial charge in [-0.15, -0.1) is 0 Å². The van der Waals surface area contributed by atoms with Gasteiger partial charge in [-0.05, 0) is 36.8 Å². The van der Waals surface area contributed by atoms with Gasteiger partial charge < -0.3 is 16.3 Å². The highest BCUT2D eigenvalue weighted by atomic mass is 16.4. The van der Waals surface area contributed by atoms with Crippen molar-refractivity contribution in [1.82, 2.24) is 5.32 Å². The predicted octanol–water partition coefficient (Wildman–Crippen LogP) is 1.92. The van der Waals surface area contributed by atoms with Crippen LogP contribution in [0.25, 0.3) is 0 Å². The van der Waals surface area contributed by atoms with Crippen LogP contribution < -0.4 is 11.2 Å². The van der Waals surface area contributed by atoms with E-state index in [1.807, 2.05) is 24.3 Å². The maximum absolute atomic E-state index is 11.8. The zero-order chi connectivity index (χ0) is 17.2. The van der Waals surface area contributed by atoms with Crippen LogP contribution in [-0.2, 0) is 16.0 Å². The molecule has 0 saturated carbocycles. The Kier molecular flexibility index (Phi) is 7.80. The lowest BCUT2D eigenvalue weighted by molar-refractivity contribution is -0.137. The fourth-order valence-corrected chi connectivity index (χ4v) is 2.37. The number of hydrogen-bond acceptors (Lipinski definition) is 4. The number of nitrogens with one attached hydrogen (secondary N) is 1. The van der Waals surface area contributed by atoms with E-state index < -0.39 is 5.97 Å². The molecule has 2 atom stereocenters. The third kappa shape index (κ3) is 7.99. The van der Waals surface area contributed by atoms with E-state index in [2.05, 4.69) is 17.3 Å². The quantitative estimate of drug-likeness (QED) is 0.367. The van der Waals surface area contributed by atoms with Crippen molar-refractivity contribution in [3.63, 3.8) is 0 Å². The third-order valence-corrected chi connectivity index (χ3v) is 3.54. The summed E-state index contributed by atoms with van der Waals surface area (Å²) in [4.78, 5) is 22.3. The zero-order valence-electron chi connectivity index (χ0n) is 13.7. The molecule has 1 aromatic rings. The molecule has 0 aromatic heterocycles. The minimum atomic E-state index is -0.908. The Bertz CT molecular complexity index is 541. The standard InChI is InChI=1S/C17H25N3O3/c1-12(3-8-16(21)20-13(2)10-17(22)23)9-14-4-6-15(7-5-14)11-19-18/h4-7,11-13H,3,8-10,18H2,1-2H3,(H,20,21)(H,22,23). The predicted molar refractivity (Wildman–Crippen MR) is 90.2 cm³/mol. The molecule has 1 rings (SSSR count). The number of hydrazone groups is 1. The van der Waals surface area contributed by atoms with Gasteiger partial charge in [0.1, 0.15) is 0 Å². The monoisotopic (exact) mass is 319 g/mol. The summed E-state index contributed by atoms with van der Waals surface area (Å²) in [5.41, 5.74) is 2.15. The van der Waals surface area contributed by atoms with Crippen molar-refractivity contribution >= 4 is 18.1 Å². The summed E-state index contributed by atoms with van der Waals surface area (Å²) in [7, 11) is 0. The average molecular weight is 319 g/mol. The average Bonchev–Trinajstić information content (AvgIpc) is 2.46. The fraction of sp³-hybridized carbons (Fsp3) is 0.471. The van der Waals surface area contributed by atoms with Crippen molar-refractivity contribution in [1.29, 1.82) is 0 Å². The Morgan fingerprint density at radius 1 is 1.30 bits per heavy atom. The smallest absolute Gasteiger partial charge is 0.305 e. The fourth-order valence-electron chi connectivity index (χ4n) is 2.37. The molecule has 1 amide bonds. The Hall–Kier alpha value is -2.37. The van der Waals surface area contributed by atoms with Crippen LogP contribution in [0.4, 0.5) is 0 Å². The van der Waals surface area contributed by atoms with Crippen LogP contribution in [0.15, 0.2) is 29.4 Å². The third-order valence-electron chi connectivity index (χ3n) is 3.54. The van der Waals surface area contributed by atoms with Crippen LogP contribution >= 0.6 is 0 Å². The van der Waals surface area contributed by atoms with Gasteiger partial charge in [-0.25, -0.2) is 0 Å². The lowest BCUT2D eigenvalue weighted by Crippen LogP contribution is -2.34. The number of rotatable bonds is 9. The SMILES string of the molecule is CC(CCC(=O)NC(C)CC(=O)O)Cc1ccc(C=NN)cc1. The number of amides is 1. The Morgan fingerprint density at radius 3 is 2.52 bits per heavy atom. The van der Waals surface area contributed by atoms with Crippen molar-refractivity contribution in [3.8, 4) is 0 Å². The number of benzene rings is 1. The molecular formula is C17H25N3O3. The second-order valence-corrected chi connectivity index (χ2v) is 5.93. The maximum Gasteiger partial charge on any atom is 0.305 e. The molecule has 126 valence electrons. The van der Waals surface area contributed by atoms with E-state index in [9.17, 15) is 9.59 Å². The molecular weight excluding hydrogens is 294 g/mol. The minimum Gasteiger partial charge on any atom is -0.481 e. The van der Waals surface area contributed by atoms with Crippen LogP contribution in [0.5, 0.6) is 0 Å². The number of carboxylic acids is 1. The van der Waals surface area contributed by atoms with E-state index in [-0.39, 0.29) is 18.4 Å². The van der Waals surface area contributed by atoms with Gasteiger partial charge in [-0.2, -0.15) is 5.10 Å². The minimum absolute atomic E-state index is 0.0558. The van der Waals surface area contributed by atoms with Crippen molar-refractivity contribution in [2.75, 3.05) is 0 Å². The molecule has 0 saturated heterocycles. The first-order valence-corrected chi connectivity index (χ1v) is 7.74. The lowest BCUT2D eigenvalue weighted by atomic mass is 9.96. The van der Waals surface area contributed by atoms with Crippen LogP contribution in [0, 0.1) is 5.92 Å². The first-order chi connectivity index (χ1) is 10.9. The van der Waals surface area contributed by atoms with E-state index in [0.29, 0.717) is 12.3 Å². The van der Waals surface area contributed by atoms with Gasteiger partial charge in [-0.3, -0.25) is 9.59 Å². The van der Waals surface area contributed by atoms with Crippen molar-refractivity contribution in [2.45, 2.75) is 45.6 Å². The van der Waals surface area contributed by atoms with E-state index >= 15 is 0 Å². The summed E-state index contributed by atoms with van der Waals surface area (Å²) in [6.07, 6.45) is 3.59. The molecule has 0 aliphatic carbocycles.